The zero-order chi connectivity index (χ0) is 13.7. The third-order valence-corrected chi connectivity index (χ3v) is 3.29. The first-order valence-corrected chi connectivity index (χ1v) is 6.60. The molecule has 1 aliphatic heterocycles. The lowest BCUT2D eigenvalue weighted by atomic mass is 10.1. The molecule has 1 aromatic rings. The topological polar surface area (TPSA) is 75.8 Å². The Morgan fingerprint density at radius 2 is 2.16 bits per heavy atom. The molecule has 1 aromatic carbocycles. The van der Waals surface area contributed by atoms with Crippen molar-refractivity contribution < 1.29 is 14.6 Å². The van der Waals surface area contributed by atoms with Crippen molar-refractivity contribution in [1.82, 2.24) is 4.90 Å². The summed E-state index contributed by atoms with van der Waals surface area (Å²) < 4.78 is 5.58. The maximum atomic E-state index is 12.2. The third kappa shape index (κ3) is 3.68. The van der Waals surface area contributed by atoms with Crippen LogP contribution in [0.25, 0.3) is 0 Å². The molecular weight excluding hydrogens is 244 g/mol. The van der Waals surface area contributed by atoms with Crippen LogP contribution in [-0.4, -0.2) is 48.3 Å². The number of phenols is 1. The van der Waals surface area contributed by atoms with Gasteiger partial charge in [0.15, 0.2) is 0 Å². The lowest BCUT2D eigenvalue weighted by Gasteiger charge is -2.32. The fraction of sp³-hybridized carbons (Fsp3) is 0.500. The number of hydrogen-bond donors (Lipinski definition) is 2. The molecule has 0 saturated carbocycles. The van der Waals surface area contributed by atoms with E-state index in [0.717, 1.165) is 12.8 Å². The summed E-state index contributed by atoms with van der Waals surface area (Å²) in [5, 5.41) is 9.40. The highest BCUT2D eigenvalue weighted by Crippen LogP contribution is 2.18. The average Bonchev–Trinajstić information content (AvgIpc) is 2.45. The van der Waals surface area contributed by atoms with Crippen molar-refractivity contribution in [2.24, 2.45) is 5.73 Å². The second kappa shape index (κ2) is 6.54. The van der Waals surface area contributed by atoms with Crippen molar-refractivity contribution in [3.05, 3.63) is 29.8 Å². The van der Waals surface area contributed by atoms with Crippen molar-refractivity contribution in [3.8, 4) is 5.75 Å². The van der Waals surface area contributed by atoms with Crippen molar-refractivity contribution >= 4 is 5.91 Å². The maximum Gasteiger partial charge on any atom is 0.253 e. The molecule has 1 heterocycles. The van der Waals surface area contributed by atoms with Gasteiger partial charge in [-0.15, -0.1) is 0 Å². The molecule has 0 aliphatic carbocycles. The highest BCUT2D eigenvalue weighted by atomic mass is 16.5. The Bertz CT molecular complexity index is 428. The lowest BCUT2D eigenvalue weighted by Crippen LogP contribution is -2.41. The van der Waals surface area contributed by atoms with Gasteiger partial charge in [-0.1, -0.05) is 6.07 Å². The van der Waals surface area contributed by atoms with E-state index in [1.54, 1.807) is 23.1 Å². The van der Waals surface area contributed by atoms with Gasteiger partial charge in [-0.05, 0) is 31.0 Å². The van der Waals surface area contributed by atoms with Crippen LogP contribution in [0.3, 0.4) is 0 Å². The van der Waals surface area contributed by atoms with Gasteiger partial charge in [0, 0.05) is 25.2 Å². The predicted octanol–water partition coefficient (Wildman–Crippen LogP) is 0.972. The zero-order valence-corrected chi connectivity index (χ0v) is 10.9. The number of hydrogen-bond acceptors (Lipinski definition) is 4. The van der Waals surface area contributed by atoms with Gasteiger partial charge in [0.1, 0.15) is 5.75 Å². The lowest BCUT2D eigenvalue weighted by molar-refractivity contribution is 0.0121. The minimum atomic E-state index is -0.0341. The summed E-state index contributed by atoms with van der Waals surface area (Å²) in [6.07, 6.45) is 1.88. The Balaban J connectivity index is 1.89. The molecule has 0 unspecified atom stereocenters. The van der Waals surface area contributed by atoms with Crippen molar-refractivity contribution in [3.63, 3.8) is 0 Å². The molecule has 1 fully saturated rings. The second-order valence-electron chi connectivity index (χ2n) is 4.70. The number of aromatic hydroxyl groups is 1. The number of carbonyl (C=O) groups is 1. The van der Waals surface area contributed by atoms with E-state index in [4.69, 9.17) is 10.5 Å². The van der Waals surface area contributed by atoms with Gasteiger partial charge in [0.2, 0.25) is 0 Å². The van der Waals surface area contributed by atoms with Crippen LogP contribution in [0.4, 0.5) is 0 Å². The van der Waals surface area contributed by atoms with Gasteiger partial charge in [0.05, 0.1) is 12.7 Å². The van der Waals surface area contributed by atoms with Crippen LogP contribution >= 0.6 is 0 Å². The summed E-state index contributed by atoms with van der Waals surface area (Å²) in [7, 11) is 0. The normalized spacial score (nSPS) is 16.6. The molecule has 0 spiro atoms. The molecule has 5 nitrogen and oxygen atoms in total. The maximum absolute atomic E-state index is 12.2. The fourth-order valence-corrected chi connectivity index (χ4v) is 2.28. The second-order valence-corrected chi connectivity index (χ2v) is 4.70. The number of amides is 1. The Kier molecular flexibility index (Phi) is 4.76. The van der Waals surface area contributed by atoms with Crippen LogP contribution in [0.2, 0.25) is 0 Å². The summed E-state index contributed by atoms with van der Waals surface area (Å²) in [6.45, 7) is 2.47. The molecule has 1 aliphatic rings. The van der Waals surface area contributed by atoms with Crippen molar-refractivity contribution in [1.29, 1.82) is 0 Å². The molecule has 1 saturated heterocycles. The molecule has 104 valence electrons. The van der Waals surface area contributed by atoms with E-state index in [-0.39, 0.29) is 17.8 Å². The van der Waals surface area contributed by atoms with E-state index in [2.05, 4.69) is 0 Å². The summed E-state index contributed by atoms with van der Waals surface area (Å²) >= 11 is 0. The molecule has 0 aromatic heterocycles. The minimum absolute atomic E-state index is 0.0341. The number of nitrogens with two attached hydrogens (primary N) is 1. The summed E-state index contributed by atoms with van der Waals surface area (Å²) in [4.78, 5) is 14.0. The smallest absolute Gasteiger partial charge is 0.253 e. The fourth-order valence-electron chi connectivity index (χ4n) is 2.28. The summed E-state index contributed by atoms with van der Waals surface area (Å²) in [6, 6.07) is 6.46. The molecule has 0 radical (unpaired) electrons. The number of ether oxygens (including phenoxy) is 1. The monoisotopic (exact) mass is 264 g/mol. The van der Waals surface area contributed by atoms with Gasteiger partial charge < -0.3 is 20.5 Å². The molecule has 1 amide bonds. The van der Waals surface area contributed by atoms with Crippen LogP contribution in [-0.2, 0) is 4.74 Å². The van der Waals surface area contributed by atoms with Crippen LogP contribution in [0, 0.1) is 0 Å². The Morgan fingerprint density at radius 3 is 2.79 bits per heavy atom. The van der Waals surface area contributed by atoms with Gasteiger partial charge in [-0.2, -0.15) is 0 Å². The highest BCUT2D eigenvalue weighted by Gasteiger charge is 2.23. The molecule has 0 bridgehead atoms. The van der Waals surface area contributed by atoms with E-state index < -0.39 is 0 Å². The predicted molar refractivity (Wildman–Crippen MR) is 72.0 cm³/mol. The third-order valence-electron chi connectivity index (χ3n) is 3.29. The van der Waals surface area contributed by atoms with Crippen molar-refractivity contribution in [2.45, 2.75) is 18.9 Å². The first-order chi connectivity index (χ1) is 9.20. The standard InChI is InChI=1S/C14H20N2O3/c15-6-9-19-13-4-7-16(8-5-13)14(18)11-2-1-3-12(17)10-11/h1-3,10,13,17H,4-9,15H2. The SMILES string of the molecule is NCCOC1CCN(C(=O)c2cccc(O)c2)CC1. The molecule has 3 N–H and O–H groups in total. The molecule has 5 heteroatoms. The van der Waals surface area contributed by atoms with E-state index in [9.17, 15) is 9.90 Å². The summed E-state index contributed by atoms with van der Waals surface area (Å²) in [5.41, 5.74) is 5.93. The van der Waals surface area contributed by atoms with Gasteiger partial charge >= 0.3 is 0 Å². The Labute approximate surface area is 113 Å². The Morgan fingerprint density at radius 1 is 1.42 bits per heavy atom. The van der Waals surface area contributed by atoms with E-state index in [1.165, 1.54) is 6.07 Å². The number of nitrogens with zero attached hydrogens (tertiary/aromatic N) is 1. The first-order valence-electron chi connectivity index (χ1n) is 6.60. The number of piperidine rings is 1. The molecule has 0 atom stereocenters. The zero-order valence-electron chi connectivity index (χ0n) is 10.9. The highest BCUT2D eigenvalue weighted by molar-refractivity contribution is 5.94. The van der Waals surface area contributed by atoms with E-state index in [0.29, 0.717) is 31.8 Å². The first kappa shape index (κ1) is 13.8. The van der Waals surface area contributed by atoms with Gasteiger partial charge in [0.25, 0.3) is 5.91 Å². The van der Waals surface area contributed by atoms with Gasteiger partial charge in [-0.3, -0.25) is 4.79 Å². The molecule has 2 rings (SSSR count). The number of phenolic OH excluding ortho intramolecular Hbond substituents is 1. The van der Waals surface area contributed by atoms with Crippen LogP contribution in [0.1, 0.15) is 23.2 Å². The van der Waals surface area contributed by atoms with Gasteiger partial charge in [-0.25, -0.2) is 0 Å². The number of likely N-dealkylation sites (tertiary alicyclic amines) is 1. The quantitative estimate of drug-likeness (QED) is 0.849. The molecule has 19 heavy (non-hydrogen) atoms. The average molecular weight is 264 g/mol. The number of benzene rings is 1. The van der Waals surface area contributed by atoms with Crippen molar-refractivity contribution in [2.75, 3.05) is 26.2 Å². The molecular formula is C14H20N2O3. The Hall–Kier alpha value is -1.59. The summed E-state index contributed by atoms with van der Waals surface area (Å²) in [5.74, 6) is 0.0835. The largest absolute Gasteiger partial charge is 0.508 e. The van der Waals surface area contributed by atoms with E-state index >= 15 is 0 Å². The number of rotatable bonds is 4. The van der Waals surface area contributed by atoms with Crippen LogP contribution in [0.15, 0.2) is 24.3 Å². The van der Waals surface area contributed by atoms with Crippen LogP contribution in [0.5, 0.6) is 5.75 Å². The minimum Gasteiger partial charge on any atom is -0.508 e. The number of carbonyl (C=O) groups excluding carboxylic acids is 1. The van der Waals surface area contributed by atoms with E-state index in [1.807, 2.05) is 0 Å². The van der Waals surface area contributed by atoms with Crippen LogP contribution < -0.4 is 5.73 Å².